The molecule has 0 saturated carbocycles. The number of hydrogen-bond acceptors (Lipinski definition) is 4. The Morgan fingerprint density at radius 2 is 2.05 bits per heavy atom. The van der Waals surface area contributed by atoms with Gasteiger partial charge in [0.1, 0.15) is 18.8 Å². The van der Waals surface area contributed by atoms with E-state index < -0.39 is 0 Å². The summed E-state index contributed by atoms with van der Waals surface area (Å²) in [5, 5.41) is 3.28. The maximum Gasteiger partial charge on any atom is 0.221 e. The van der Waals surface area contributed by atoms with Crippen molar-refractivity contribution in [3.05, 3.63) is 29.0 Å². The number of ether oxygens (including phenoxy) is 2. The van der Waals surface area contributed by atoms with Crippen molar-refractivity contribution < 1.29 is 14.4 Å². The third-order valence-corrected chi connectivity index (χ3v) is 3.94. The number of nitrogens with one attached hydrogen (secondary N) is 2. The van der Waals surface area contributed by atoms with Gasteiger partial charge >= 0.3 is 0 Å². The van der Waals surface area contributed by atoms with Crippen LogP contribution in [0.4, 0.5) is 0 Å². The summed E-state index contributed by atoms with van der Waals surface area (Å²) >= 11 is 5.34. The van der Waals surface area contributed by atoms with Crippen LogP contribution in [0.3, 0.4) is 0 Å². The topological polar surface area (TPSA) is 56.5 Å². The molecule has 7 heteroatoms. The molecule has 0 amide bonds. The zero-order valence-corrected chi connectivity index (χ0v) is 12.8. The first kappa shape index (κ1) is 14.2. The van der Waals surface area contributed by atoms with Crippen molar-refractivity contribution >= 4 is 12.2 Å². The van der Waals surface area contributed by atoms with Crippen molar-refractivity contribution in [3.63, 3.8) is 0 Å². The number of aromatic nitrogens is 3. The molecule has 0 unspecified atom stereocenters. The van der Waals surface area contributed by atoms with Gasteiger partial charge in [-0.1, -0.05) is 0 Å². The van der Waals surface area contributed by atoms with Gasteiger partial charge in [0.25, 0.3) is 0 Å². The quantitative estimate of drug-likeness (QED) is 0.807. The van der Waals surface area contributed by atoms with E-state index in [9.17, 15) is 0 Å². The van der Waals surface area contributed by atoms with Crippen molar-refractivity contribution in [2.24, 2.45) is 0 Å². The number of hydrogen-bond donors (Lipinski definition) is 2. The molecule has 2 aromatic rings. The van der Waals surface area contributed by atoms with Gasteiger partial charge in [0.05, 0.1) is 20.3 Å². The number of benzene rings is 1. The normalized spacial score (nSPS) is 16.0. The van der Waals surface area contributed by atoms with Crippen molar-refractivity contribution in [1.82, 2.24) is 14.8 Å². The maximum absolute atomic E-state index is 5.37. The van der Waals surface area contributed by atoms with E-state index in [1.54, 1.807) is 7.11 Å². The Kier molecular flexibility index (Phi) is 4.33. The lowest BCUT2D eigenvalue weighted by molar-refractivity contribution is -0.930. The summed E-state index contributed by atoms with van der Waals surface area (Å²) in [5.74, 6) is 1.62. The average molecular weight is 307 g/mol. The second kappa shape index (κ2) is 6.38. The molecular formula is C14H19N4O2S+. The Bertz CT molecular complexity index is 644. The van der Waals surface area contributed by atoms with Crippen molar-refractivity contribution in [3.8, 4) is 17.1 Å². The van der Waals surface area contributed by atoms with Gasteiger partial charge in [0.15, 0.2) is 12.5 Å². The molecule has 6 nitrogen and oxygen atoms in total. The van der Waals surface area contributed by atoms with Crippen LogP contribution in [0.2, 0.25) is 0 Å². The van der Waals surface area contributed by atoms with Crippen LogP contribution in [0.15, 0.2) is 24.3 Å². The molecule has 2 heterocycles. The average Bonchev–Trinajstić information content (AvgIpc) is 2.89. The molecule has 112 valence electrons. The van der Waals surface area contributed by atoms with E-state index in [2.05, 4.69) is 10.1 Å². The third kappa shape index (κ3) is 3.31. The first-order chi connectivity index (χ1) is 10.3. The number of morpholine rings is 1. The van der Waals surface area contributed by atoms with Crippen molar-refractivity contribution in [1.29, 1.82) is 0 Å². The summed E-state index contributed by atoms with van der Waals surface area (Å²) in [6, 6.07) is 7.77. The zero-order chi connectivity index (χ0) is 14.7. The molecule has 2 N–H and O–H groups in total. The zero-order valence-electron chi connectivity index (χ0n) is 12.0. The van der Waals surface area contributed by atoms with Crippen LogP contribution in [0.5, 0.6) is 5.75 Å². The first-order valence-corrected chi connectivity index (χ1v) is 7.39. The lowest BCUT2D eigenvalue weighted by Crippen LogP contribution is -3.13. The van der Waals surface area contributed by atoms with Crippen molar-refractivity contribution in [2.75, 3.05) is 33.4 Å². The predicted molar refractivity (Wildman–Crippen MR) is 80.9 cm³/mol. The van der Waals surface area contributed by atoms with E-state index in [1.165, 1.54) is 4.90 Å². The SMILES string of the molecule is COc1ccc(-c2nc(=S)n(C[NH+]3CCOCC3)[nH]2)cc1. The van der Waals surface area contributed by atoms with Crippen LogP contribution < -0.4 is 9.64 Å². The second-order valence-corrected chi connectivity index (χ2v) is 5.40. The van der Waals surface area contributed by atoms with E-state index in [0.717, 1.165) is 50.1 Å². The molecule has 1 aromatic carbocycles. The largest absolute Gasteiger partial charge is 0.497 e. The highest BCUT2D eigenvalue weighted by atomic mass is 32.1. The second-order valence-electron chi connectivity index (χ2n) is 5.03. The van der Waals surface area contributed by atoms with Gasteiger partial charge in [-0.2, -0.15) is 4.98 Å². The van der Waals surface area contributed by atoms with Crippen LogP contribution in [0.1, 0.15) is 0 Å². The standard InChI is InChI=1S/C14H18N4O2S/c1-19-12-4-2-11(3-5-12)13-15-14(21)18(16-13)10-17-6-8-20-9-7-17/h2-5H,6-10H2,1H3,(H,15,16,21)/p+1. The van der Waals surface area contributed by atoms with Gasteiger partial charge in [-0.3, -0.25) is 5.10 Å². The minimum atomic E-state index is 0.583. The highest BCUT2D eigenvalue weighted by molar-refractivity contribution is 7.71. The molecule has 1 saturated heterocycles. The molecule has 1 fully saturated rings. The lowest BCUT2D eigenvalue weighted by Gasteiger charge is -2.23. The highest BCUT2D eigenvalue weighted by Gasteiger charge is 2.15. The number of quaternary nitrogens is 1. The Hall–Kier alpha value is -1.70. The molecule has 0 atom stereocenters. The van der Waals surface area contributed by atoms with Gasteiger partial charge in [-0.25, -0.2) is 4.68 Å². The number of rotatable bonds is 4. The Labute approximate surface area is 128 Å². The van der Waals surface area contributed by atoms with Gasteiger partial charge in [-0.05, 0) is 36.5 Å². The van der Waals surface area contributed by atoms with E-state index in [0.29, 0.717) is 4.77 Å². The molecule has 0 radical (unpaired) electrons. The highest BCUT2D eigenvalue weighted by Crippen LogP contribution is 2.18. The molecule has 1 aromatic heterocycles. The summed E-state index contributed by atoms with van der Waals surface area (Å²) in [6.45, 7) is 4.41. The molecule has 1 aliphatic rings. The third-order valence-electron chi connectivity index (χ3n) is 3.62. The summed E-state index contributed by atoms with van der Waals surface area (Å²) in [6.07, 6.45) is 0. The monoisotopic (exact) mass is 307 g/mol. The molecule has 3 rings (SSSR count). The van der Waals surface area contributed by atoms with Crippen LogP contribution in [-0.4, -0.2) is 48.2 Å². The first-order valence-electron chi connectivity index (χ1n) is 6.99. The molecular weight excluding hydrogens is 288 g/mol. The molecule has 0 aliphatic carbocycles. The number of aromatic amines is 1. The van der Waals surface area contributed by atoms with E-state index in [-0.39, 0.29) is 0 Å². The lowest BCUT2D eigenvalue weighted by atomic mass is 10.2. The summed E-state index contributed by atoms with van der Waals surface area (Å²) < 4.78 is 13.0. The summed E-state index contributed by atoms with van der Waals surface area (Å²) in [4.78, 5) is 5.89. The molecule has 21 heavy (non-hydrogen) atoms. The fourth-order valence-corrected chi connectivity index (χ4v) is 2.59. The van der Waals surface area contributed by atoms with Crippen molar-refractivity contribution in [2.45, 2.75) is 6.67 Å². The Morgan fingerprint density at radius 3 is 2.71 bits per heavy atom. The summed E-state index contributed by atoms with van der Waals surface area (Å²) in [5.41, 5.74) is 0.998. The van der Waals surface area contributed by atoms with E-state index in [4.69, 9.17) is 21.7 Å². The predicted octanol–water partition coefficient (Wildman–Crippen LogP) is 0.489. The van der Waals surface area contributed by atoms with Gasteiger partial charge in [0.2, 0.25) is 4.77 Å². The number of nitrogens with zero attached hydrogens (tertiary/aromatic N) is 2. The molecule has 0 spiro atoms. The van der Waals surface area contributed by atoms with Crippen LogP contribution >= 0.6 is 12.2 Å². The van der Waals surface area contributed by atoms with Crippen LogP contribution in [0.25, 0.3) is 11.4 Å². The smallest absolute Gasteiger partial charge is 0.221 e. The fourth-order valence-electron chi connectivity index (χ4n) is 2.38. The Balaban J connectivity index is 1.78. The number of H-pyrrole nitrogens is 1. The van der Waals surface area contributed by atoms with Gasteiger partial charge in [0, 0.05) is 5.56 Å². The minimum Gasteiger partial charge on any atom is -0.497 e. The Morgan fingerprint density at radius 1 is 1.33 bits per heavy atom. The van der Waals surface area contributed by atoms with E-state index >= 15 is 0 Å². The fraction of sp³-hybridized carbons (Fsp3) is 0.429. The van der Waals surface area contributed by atoms with Crippen LogP contribution in [0, 0.1) is 4.77 Å². The minimum absolute atomic E-state index is 0.583. The summed E-state index contributed by atoms with van der Waals surface area (Å²) in [7, 11) is 1.66. The molecule has 0 bridgehead atoms. The number of methoxy groups -OCH3 is 1. The maximum atomic E-state index is 5.37. The van der Waals surface area contributed by atoms with Crippen LogP contribution in [-0.2, 0) is 11.4 Å². The van der Waals surface area contributed by atoms with Gasteiger partial charge < -0.3 is 14.4 Å². The van der Waals surface area contributed by atoms with Gasteiger partial charge in [-0.15, -0.1) is 0 Å². The molecule has 1 aliphatic heterocycles. The van der Waals surface area contributed by atoms with E-state index in [1.807, 2.05) is 28.9 Å².